The minimum absolute atomic E-state index is 0.0794. The fraction of sp³-hybridized carbons (Fsp3) is 0.444. The van der Waals surface area contributed by atoms with Crippen LogP contribution in [0.1, 0.15) is 23.3 Å². The number of hydrogen-bond acceptors (Lipinski definition) is 6. The van der Waals surface area contributed by atoms with Gasteiger partial charge < -0.3 is 10.0 Å². The second-order valence-electron chi connectivity index (χ2n) is 4.63. The first-order valence-corrected chi connectivity index (χ1v) is 7.08. The maximum Gasteiger partial charge on any atom is 0.418 e. The third kappa shape index (κ3) is 1.95. The van der Waals surface area contributed by atoms with Crippen LogP contribution in [0.25, 0.3) is 0 Å². The van der Waals surface area contributed by atoms with Gasteiger partial charge in [-0.3, -0.25) is 9.23 Å². The molecule has 1 aromatic rings. The van der Waals surface area contributed by atoms with Gasteiger partial charge in [-0.25, -0.2) is 9.59 Å². The van der Waals surface area contributed by atoms with Crippen molar-refractivity contribution in [1.29, 1.82) is 0 Å². The Morgan fingerprint density at radius 1 is 1.52 bits per heavy atom. The van der Waals surface area contributed by atoms with Gasteiger partial charge in [-0.15, -0.1) is 4.28 Å². The predicted molar refractivity (Wildman–Crippen MR) is 62.9 cm³/mol. The molecule has 114 valence electrons. The average Bonchev–Trinajstić information content (AvgIpc) is 2.84. The van der Waals surface area contributed by atoms with Gasteiger partial charge in [0.05, 0.1) is 18.4 Å². The summed E-state index contributed by atoms with van der Waals surface area (Å²) in [6.07, 6.45) is 1.34. The molecule has 12 heteroatoms. The first kappa shape index (κ1) is 13.8. The molecule has 1 fully saturated rings. The van der Waals surface area contributed by atoms with Crippen LogP contribution in [0.4, 0.5) is 4.79 Å². The van der Waals surface area contributed by atoms with Crippen LogP contribution in [-0.2, 0) is 26.5 Å². The van der Waals surface area contributed by atoms with Crippen molar-refractivity contribution in [1.82, 2.24) is 19.7 Å². The number of nitrogens with zero attached hydrogens (tertiary/aromatic N) is 4. The molecule has 0 aromatic carbocycles. The Hall–Kier alpha value is -2.18. The number of urea groups is 1. The van der Waals surface area contributed by atoms with E-state index in [0.717, 1.165) is 4.90 Å². The quantitative estimate of drug-likeness (QED) is 0.681. The number of carbonyl (C=O) groups is 2. The van der Waals surface area contributed by atoms with E-state index in [2.05, 4.69) is 9.38 Å². The number of carbonyl (C=O) groups excluding carboxylic acids is 1. The number of aryl methyl sites for hydroxylation is 1. The molecule has 3 rings (SSSR count). The smallest absolute Gasteiger partial charge is 0.418 e. The summed E-state index contributed by atoms with van der Waals surface area (Å²) in [6.45, 7) is -0.0794. The van der Waals surface area contributed by atoms with E-state index in [0.29, 0.717) is 10.6 Å². The first-order valence-electron chi connectivity index (χ1n) is 5.72. The van der Waals surface area contributed by atoms with Crippen LogP contribution in [0.5, 0.6) is 0 Å². The molecular formula is C9H10N4O7S. The number of amides is 2. The van der Waals surface area contributed by atoms with E-state index in [-0.39, 0.29) is 12.2 Å². The summed E-state index contributed by atoms with van der Waals surface area (Å²) in [5.74, 6) is -1.28. The summed E-state index contributed by atoms with van der Waals surface area (Å²) in [5, 5.41) is 13.7. The second-order valence-corrected chi connectivity index (χ2v) is 5.63. The lowest BCUT2D eigenvalue weighted by atomic mass is 9.98. The fourth-order valence-corrected chi connectivity index (χ4v) is 3.05. The highest BCUT2D eigenvalue weighted by molar-refractivity contribution is 7.80. The summed E-state index contributed by atoms with van der Waals surface area (Å²) in [5.41, 5.74) is 0.615. The molecule has 2 bridgehead atoms. The molecule has 0 saturated carbocycles. The zero-order chi connectivity index (χ0) is 15.5. The van der Waals surface area contributed by atoms with Gasteiger partial charge in [-0.1, -0.05) is 0 Å². The third-order valence-corrected chi connectivity index (χ3v) is 3.79. The van der Waals surface area contributed by atoms with Crippen LogP contribution < -0.4 is 0 Å². The van der Waals surface area contributed by atoms with Gasteiger partial charge in [0.25, 0.3) is 0 Å². The Labute approximate surface area is 118 Å². The molecule has 3 heterocycles. The van der Waals surface area contributed by atoms with Crippen molar-refractivity contribution in [3.63, 3.8) is 0 Å². The second kappa shape index (κ2) is 4.16. The Kier molecular flexibility index (Phi) is 2.73. The number of aliphatic carboxylic acids is 1. The molecule has 1 unspecified atom stereocenters. The Bertz CT molecular complexity index is 741. The Morgan fingerprint density at radius 3 is 2.76 bits per heavy atom. The van der Waals surface area contributed by atoms with Crippen molar-refractivity contribution in [2.24, 2.45) is 7.05 Å². The molecule has 11 nitrogen and oxygen atoms in total. The zero-order valence-corrected chi connectivity index (χ0v) is 11.4. The average molecular weight is 318 g/mol. The van der Waals surface area contributed by atoms with Crippen molar-refractivity contribution in [3.8, 4) is 0 Å². The van der Waals surface area contributed by atoms with Gasteiger partial charge in [-0.05, 0) is 0 Å². The van der Waals surface area contributed by atoms with Crippen LogP contribution in [0.2, 0.25) is 0 Å². The van der Waals surface area contributed by atoms with Crippen LogP contribution in [0.3, 0.4) is 0 Å². The monoisotopic (exact) mass is 318 g/mol. The molecule has 0 radical (unpaired) electrons. The van der Waals surface area contributed by atoms with Gasteiger partial charge in [0, 0.05) is 12.6 Å². The standard InChI is InChI=1S/C9H10N4O7S/c1-11-6-4(2-10-11)5-3-12(7(6)8(14)15)9(16)13(5)20-21(17,18)19/h2,5,7H,3H2,1H3,(H,14,15)(H,17,18,19)/t5-,7?/m1/s1. The molecule has 21 heavy (non-hydrogen) atoms. The number of carboxylic acids is 1. The highest BCUT2D eigenvalue weighted by Gasteiger charge is 2.53. The number of aromatic nitrogens is 2. The maximum atomic E-state index is 12.1. The van der Waals surface area contributed by atoms with E-state index in [4.69, 9.17) is 4.55 Å². The normalized spacial score (nSPS) is 24.4. The molecule has 2 N–H and O–H groups in total. The molecule has 2 aliphatic rings. The molecule has 2 aliphatic heterocycles. The van der Waals surface area contributed by atoms with Gasteiger partial charge in [0.15, 0.2) is 6.04 Å². The van der Waals surface area contributed by atoms with E-state index in [1.54, 1.807) is 0 Å². The van der Waals surface area contributed by atoms with Crippen LogP contribution in [0.15, 0.2) is 6.20 Å². The van der Waals surface area contributed by atoms with E-state index >= 15 is 0 Å². The van der Waals surface area contributed by atoms with Crippen molar-refractivity contribution in [2.75, 3.05) is 6.54 Å². The van der Waals surface area contributed by atoms with Crippen LogP contribution in [-0.4, -0.2) is 56.4 Å². The van der Waals surface area contributed by atoms with Crippen molar-refractivity contribution in [2.45, 2.75) is 12.1 Å². The Balaban J connectivity index is 2.12. The maximum absolute atomic E-state index is 12.1. The van der Waals surface area contributed by atoms with Crippen LogP contribution in [0, 0.1) is 0 Å². The van der Waals surface area contributed by atoms with E-state index < -0.39 is 34.5 Å². The summed E-state index contributed by atoms with van der Waals surface area (Å²) >= 11 is 0. The molecular weight excluding hydrogens is 308 g/mol. The van der Waals surface area contributed by atoms with Crippen molar-refractivity contribution >= 4 is 22.4 Å². The largest absolute Gasteiger partial charge is 0.479 e. The van der Waals surface area contributed by atoms with E-state index in [9.17, 15) is 23.1 Å². The Morgan fingerprint density at radius 2 is 2.19 bits per heavy atom. The molecule has 0 spiro atoms. The summed E-state index contributed by atoms with van der Waals surface area (Å²) < 4.78 is 36.0. The summed E-state index contributed by atoms with van der Waals surface area (Å²) in [6, 6.07) is -3.12. The molecule has 0 aliphatic carbocycles. The molecule has 2 atom stereocenters. The molecule has 1 aromatic heterocycles. The minimum Gasteiger partial charge on any atom is -0.479 e. The molecule has 2 amide bonds. The van der Waals surface area contributed by atoms with Gasteiger partial charge in [-0.2, -0.15) is 18.6 Å². The predicted octanol–water partition coefficient (Wildman–Crippen LogP) is -0.927. The van der Waals surface area contributed by atoms with E-state index in [1.165, 1.54) is 17.9 Å². The lowest BCUT2D eigenvalue weighted by Gasteiger charge is -2.27. The molecule has 1 saturated heterocycles. The number of fused-ring (bicyclic) bond motifs is 4. The van der Waals surface area contributed by atoms with Gasteiger partial charge in [0.2, 0.25) is 0 Å². The van der Waals surface area contributed by atoms with Crippen LogP contribution >= 0.6 is 0 Å². The van der Waals surface area contributed by atoms with Crippen molar-refractivity contribution < 1.29 is 31.9 Å². The highest BCUT2D eigenvalue weighted by atomic mass is 32.3. The van der Waals surface area contributed by atoms with Gasteiger partial charge in [0.1, 0.15) is 6.04 Å². The number of hydrogen-bond donors (Lipinski definition) is 2. The summed E-state index contributed by atoms with van der Waals surface area (Å²) in [4.78, 5) is 24.5. The SMILES string of the molecule is Cn1ncc2c1C(C(=O)O)N1C[C@H]2N(OS(=O)(=O)O)C1=O. The zero-order valence-electron chi connectivity index (χ0n) is 10.6. The van der Waals surface area contributed by atoms with Gasteiger partial charge >= 0.3 is 22.4 Å². The number of carboxylic acid groups (broad SMARTS) is 1. The first-order chi connectivity index (χ1) is 9.70. The lowest BCUT2D eigenvalue weighted by Crippen LogP contribution is -2.39. The van der Waals surface area contributed by atoms with Crippen molar-refractivity contribution in [3.05, 3.63) is 17.5 Å². The minimum atomic E-state index is -4.91. The third-order valence-electron chi connectivity index (χ3n) is 3.44. The topological polar surface area (TPSA) is 142 Å². The number of hydroxylamine groups is 2. The highest BCUT2D eigenvalue weighted by Crippen LogP contribution is 2.43. The number of rotatable bonds is 3. The fourth-order valence-electron chi connectivity index (χ4n) is 2.68. The van der Waals surface area contributed by atoms with E-state index in [1.807, 2.05) is 0 Å². The lowest BCUT2D eigenvalue weighted by molar-refractivity contribution is -0.142. The summed E-state index contributed by atoms with van der Waals surface area (Å²) in [7, 11) is -3.40.